The highest BCUT2D eigenvalue weighted by atomic mass is 35.5. The van der Waals surface area contributed by atoms with Crippen molar-refractivity contribution >= 4 is 21.6 Å². The van der Waals surface area contributed by atoms with Crippen LogP contribution in [-0.2, 0) is 10.0 Å². The minimum Gasteiger partial charge on any atom is -0.497 e. The van der Waals surface area contributed by atoms with E-state index in [-0.39, 0.29) is 23.3 Å². The fourth-order valence-electron chi connectivity index (χ4n) is 3.46. The molecule has 0 saturated heterocycles. The van der Waals surface area contributed by atoms with E-state index < -0.39 is 10.0 Å². The fourth-order valence-corrected chi connectivity index (χ4v) is 4.64. The van der Waals surface area contributed by atoms with Gasteiger partial charge in [0.15, 0.2) is 0 Å². The Morgan fingerprint density at radius 3 is 2.32 bits per heavy atom. The summed E-state index contributed by atoms with van der Waals surface area (Å²) in [6.07, 6.45) is 0. The molecule has 0 spiro atoms. The number of benzene rings is 3. The van der Waals surface area contributed by atoms with Gasteiger partial charge >= 0.3 is 0 Å². The maximum absolute atomic E-state index is 12.9. The van der Waals surface area contributed by atoms with Gasteiger partial charge in [-0.25, -0.2) is 13.1 Å². The van der Waals surface area contributed by atoms with Gasteiger partial charge in [-0.3, -0.25) is 0 Å². The van der Waals surface area contributed by atoms with Gasteiger partial charge in [0.05, 0.1) is 23.6 Å². The van der Waals surface area contributed by atoms with Crippen molar-refractivity contribution in [1.82, 2.24) is 4.72 Å². The lowest BCUT2D eigenvalue weighted by Gasteiger charge is -2.25. The Balaban J connectivity index is 1.90. The molecule has 5 nitrogen and oxygen atoms in total. The van der Waals surface area contributed by atoms with Crippen molar-refractivity contribution in [1.29, 1.82) is 5.26 Å². The highest BCUT2D eigenvalue weighted by Gasteiger charge is 2.24. The molecule has 0 aliphatic carbocycles. The van der Waals surface area contributed by atoms with E-state index in [0.717, 1.165) is 11.1 Å². The summed E-state index contributed by atoms with van der Waals surface area (Å²) in [7, 11) is -2.19. The molecular weight excluding hydrogens is 432 g/mol. The molecular formula is C24H23ClN2O3S. The zero-order valence-electron chi connectivity index (χ0n) is 17.2. The van der Waals surface area contributed by atoms with Crippen molar-refractivity contribution in [2.75, 3.05) is 13.7 Å². The van der Waals surface area contributed by atoms with Crippen molar-refractivity contribution in [2.45, 2.75) is 23.7 Å². The topological polar surface area (TPSA) is 79.2 Å². The summed E-state index contributed by atoms with van der Waals surface area (Å²) < 4.78 is 33.6. The summed E-state index contributed by atoms with van der Waals surface area (Å²) >= 11 is 6.03. The number of nitriles is 1. The van der Waals surface area contributed by atoms with Crippen molar-refractivity contribution in [3.63, 3.8) is 0 Å². The molecule has 1 N–H and O–H groups in total. The summed E-state index contributed by atoms with van der Waals surface area (Å²) in [6.45, 7) is 2.21. The Labute approximate surface area is 188 Å². The van der Waals surface area contributed by atoms with Crippen LogP contribution in [0, 0.1) is 11.3 Å². The SMILES string of the molecule is COc1ccc(S(=O)(=O)NCC(c2cccc(C#N)c2)C(C)c2ccc(Cl)cc2)cc1. The van der Waals surface area contributed by atoms with Crippen molar-refractivity contribution in [3.8, 4) is 11.8 Å². The number of nitrogens with one attached hydrogen (secondary N) is 1. The lowest BCUT2D eigenvalue weighted by atomic mass is 9.82. The lowest BCUT2D eigenvalue weighted by Crippen LogP contribution is -2.30. The molecule has 3 aromatic rings. The van der Waals surface area contributed by atoms with Crippen LogP contribution in [0.25, 0.3) is 0 Å². The molecule has 0 saturated carbocycles. The third-order valence-electron chi connectivity index (χ3n) is 5.31. The highest BCUT2D eigenvalue weighted by Crippen LogP contribution is 2.33. The van der Waals surface area contributed by atoms with Gasteiger partial charge in [-0.05, 0) is 65.6 Å². The number of sulfonamides is 1. The second-order valence-corrected chi connectivity index (χ2v) is 9.41. The Morgan fingerprint density at radius 2 is 1.71 bits per heavy atom. The van der Waals surface area contributed by atoms with Crippen LogP contribution in [0.5, 0.6) is 5.75 Å². The molecule has 0 fully saturated rings. The molecule has 7 heteroatoms. The highest BCUT2D eigenvalue weighted by molar-refractivity contribution is 7.89. The van der Waals surface area contributed by atoms with Crippen LogP contribution in [0.2, 0.25) is 5.02 Å². The van der Waals surface area contributed by atoms with Gasteiger partial charge < -0.3 is 4.74 Å². The second kappa shape index (κ2) is 9.97. The van der Waals surface area contributed by atoms with Gasteiger partial charge in [0.1, 0.15) is 5.75 Å². The molecule has 0 radical (unpaired) electrons. The van der Waals surface area contributed by atoms with E-state index in [1.165, 1.54) is 19.2 Å². The van der Waals surface area contributed by atoms with E-state index in [1.54, 1.807) is 24.3 Å². The average Bonchev–Trinajstić information content (AvgIpc) is 2.79. The Hall–Kier alpha value is -2.85. The Bertz CT molecular complexity index is 1170. The normalized spacial score (nSPS) is 13.2. The van der Waals surface area contributed by atoms with Crippen LogP contribution in [0.15, 0.2) is 77.7 Å². The molecule has 0 heterocycles. The van der Waals surface area contributed by atoms with Gasteiger partial charge in [0.25, 0.3) is 0 Å². The maximum Gasteiger partial charge on any atom is 0.240 e. The zero-order valence-corrected chi connectivity index (χ0v) is 18.8. The molecule has 0 bridgehead atoms. The van der Waals surface area contributed by atoms with Crippen LogP contribution in [0.4, 0.5) is 0 Å². The minimum absolute atomic E-state index is 0.0234. The molecule has 2 atom stereocenters. The third kappa shape index (κ3) is 5.65. The van der Waals surface area contributed by atoms with Crippen LogP contribution in [-0.4, -0.2) is 22.1 Å². The monoisotopic (exact) mass is 454 g/mol. The minimum atomic E-state index is -3.72. The maximum atomic E-state index is 12.9. The summed E-state index contributed by atoms with van der Waals surface area (Å²) in [6, 6.07) is 23.2. The molecule has 0 aliphatic heterocycles. The number of methoxy groups -OCH3 is 1. The van der Waals surface area contributed by atoms with Gasteiger partial charge in [-0.2, -0.15) is 5.26 Å². The van der Waals surface area contributed by atoms with E-state index in [1.807, 2.05) is 43.3 Å². The van der Waals surface area contributed by atoms with Crippen LogP contribution in [0.1, 0.15) is 35.4 Å². The number of hydrogen-bond donors (Lipinski definition) is 1. The number of hydrogen-bond acceptors (Lipinski definition) is 4. The smallest absolute Gasteiger partial charge is 0.240 e. The molecule has 160 valence electrons. The first-order chi connectivity index (χ1) is 14.8. The number of rotatable bonds is 8. The van der Waals surface area contributed by atoms with Crippen molar-refractivity contribution in [3.05, 3.63) is 94.5 Å². The molecule has 0 aliphatic rings. The zero-order chi connectivity index (χ0) is 22.4. The van der Waals surface area contributed by atoms with Crippen molar-refractivity contribution < 1.29 is 13.2 Å². The number of ether oxygens (including phenoxy) is 1. The predicted molar refractivity (Wildman–Crippen MR) is 122 cm³/mol. The molecule has 2 unspecified atom stereocenters. The van der Waals surface area contributed by atoms with E-state index in [0.29, 0.717) is 16.3 Å². The quantitative estimate of drug-likeness (QED) is 0.514. The van der Waals surface area contributed by atoms with Crippen molar-refractivity contribution in [2.24, 2.45) is 0 Å². The van der Waals surface area contributed by atoms with Crippen LogP contribution in [0.3, 0.4) is 0 Å². The number of halogens is 1. The summed E-state index contributed by atoms with van der Waals surface area (Å²) in [5.74, 6) is 0.369. The van der Waals surface area contributed by atoms with Gasteiger partial charge in [-0.15, -0.1) is 0 Å². The molecule has 3 aromatic carbocycles. The van der Waals surface area contributed by atoms with E-state index in [4.69, 9.17) is 16.3 Å². The molecule has 0 amide bonds. The van der Waals surface area contributed by atoms with Crippen LogP contribution < -0.4 is 9.46 Å². The van der Waals surface area contributed by atoms with Gasteiger partial charge in [0.2, 0.25) is 10.0 Å². The van der Waals surface area contributed by atoms with Gasteiger partial charge in [0, 0.05) is 17.5 Å². The largest absolute Gasteiger partial charge is 0.497 e. The first-order valence-electron chi connectivity index (χ1n) is 9.73. The van der Waals surface area contributed by atoms with E-state index in [2.05, 4.69) is 10.8 Å². The predicted octanol–water partition coefficient (Wildman–Crippen LogP) is 5.09. The molecule has 3 rings (SSSR count). The summed E-state index contributed by atoms with van der Waals surface area (Å²) in [5, 5.41) is 9.93. The molecule has 31 heavy (non-hydrogen) atoms. The summed E-state index contributed by atoms with van der Waals surface area (Å²) in [4.78, 5) is 0.164. The first kappa shape index (κ1) is 22.8. The average molecular weight is 455 g/mol. The summed E-state index contributed by atoms with van der Waals surface area (Å²) in [5.41, 5.74) is 2.45. The second-order valence-electron chi connectivity index (χ2n) is 7.21. The van der Waals surface area contributed by atoms with E-state index in [9.17, 15) is 13.7 Å². The molecule has 0 aromatic heterocycles. The Kier molecular flexibility index (Phi) is 7.34. The van der Waals surface area contributed by atoms with Crippen LogP contribution >= 0.6 is 11.6 Å². The third-order valence-corrected chi connectivity index (χ3v) is 7.00. The van der Waals surface area contributed by atoms with E-state index >= 15 is 0 Å². The Morgan fingerprint density at radius 1 is 1.03 bits per heavy atom. The standard InChI is InChI=1S/C24H23ClN2O3S/c1-17(19-6-8-21(25)9-7-19)24(20-5-3-4-18(14-20)15-26)16-27-31(28,29)23-12-10-22(30-2)11-13-23/h3-14,17,24,27H,16H2,1-2H3. The number of nitrogens with zero attached hydrogens (tertiary/aromatic N) is 1. The lowest BCUT2D eigenvalue weighted by molar-refractivity contribution is 0.414. The van der Waals surface area contributed by atoms with Gasteiger partial charge in [-0.1, -0.05) is 42.8 Å². The first-order valence-corrected chi connectivity index (χ1v) is 11.6. The fraction of sp³-hybridized carbons (Fsp3) is 0.208.